The van der Waals surface area contributed by atoms with Crippen molar-refractivity contribution in [1.29, 1.82) is 0 Å². The molecule has 0 N–H and O–H groups in total. The molecule has 0 saturated heterocycles. The third-order valence-corrected chi connectivity index (χ3v) is 8.88. The van der Waals surface area contributed by atoms with E-state index in [1.807, 2.05) is 0 Å². The van der Waals surface area contributed by atoms with Gasteiger partial charge in [0.25, 0.3) is 0 Å². The zero-order chi connectivity index (χ0) is 30.7. The fraction of sp³-hybridized carbons (Fsp3) is 0. The molecule has 0 aliphatic carbocycles. The highest BCUT2D eigenvalue weighted by molar-refractivity contribution is 5.88. The highest BCUT2D eigenvalue weighted by Crippen LogP contribution is 2.36. The summed E-state index contributed by atoms with van der Waals surface area (Å²) >= 11 is 0. The van der Waals surface area contributed by atoms with Crippen LogP contribution >= 0.6 is 0 Å². The number of benzene rings is 8. The minimum atomic E-state index is 1.20. The third kappa shape index (κ3) is 5.65. The second-order valence-corrected chi connectivity index (χ2v) is 11.8. The molecule has 8 aromatic carbocycles. The van der Waals surface area contributed by atoms with E-state index in [-0.39, 0.29) is 0 Å². The van der Waals surface area contributed by atoms with E-state index in [0.29, 0.717) is 0 Å². The maximum Gasteiger partial charge on any atom is -0.0172 e. The zero-order valence-corrected chi connectivity index (χ0v) is 25.5. The maximum atomic E-state index is 2.32. The third-order valence-electron chi connectivity index (χ3n) is 8.88. The summed E-state index contributed by atoms with van der Waals surface area (Å²) in [6, 6.07) is 70.2. The van der Waals surface area contributed by atoms with Crippen LogP contribution in [0.4, 0.5) is 0 Å². The van der Waals surface area contributed by atoms with Gasteiger partial charge in [-0.05, 0) is 102 Å². The number of fused-ring (bicyclic) bond motifs is 1. The van der Waals surface area contributed by atoms with Crippen molar-refractivity contribution in [3.8, 4) is 66.8 Å². The normalized spacial score (nSPS) is 11.0. The van der Waals surface area contributed by atoms with Crippen LogP contribution in [0.5, 0.6) is 0 Å². The molecule has 0 atom stereocenters. The number of rotatable bonds is 6. The molecule has 8 rings (SSSR count). The first-order valence-electron chi connectivity index (χ1n) is 15.8. The van der Waals surface area contributed by atoms with E-state index in [4.69, 9.17) is 0 Å². The Labute approximate surface area is 270 Å². The first-order valence-corrected chi connectivity index (χ1v) is 15.8. The predicted molar refractivity (Wildman–Crippen MR) is 197 cm³/mol. The summed E-state index contributed by atoms with van der Waals surface area (Å²) in [5.41, 5.74) is 14.6. The Morgan fingerprint density at radius 1 is 0.152 bits per heavy atom. The van der Waals surface area contributed by atoms with Gasteiger partial charge in [-0.15, -0.1) is 0 Å². The summed E-state index contributed by atoms with van der Waals surface area (Å²) in [5, 5.41) is 2.53. The van der Waals surface area contributed by atoms with Gasteiger partial charge in [0.1, 0.15) is 0 Å². The van der Waals surface area contributed by atoms with E-state index in [1.54, 1.807) is 0 Å². The Morgan fingerprint density at radius 2 is 0.435 bits per heavy atom. The topological polar surface area (TPSA) is 0 Å². The van der Waals surface area contributed by atoms with Crippen molar-refractivity contribution < 1.29 is 0 Å². The molecule has 0 nitrogen and oxygen atoms in total. The molecule has 0 amide bonds. The lowest BCUT2D eigenvalue weighted by Crippen LogP contribution is -1.87. The van der Waals surface area contributed by atoms with Gasteiger partial charge in [-0.1, -0.05) is 170 Å². The summed E-state index contributed by atoms with van der Waals surface area (Å²) in [6.45, 7) is 0. The standard InChI is InChI=1S/C46H32/c1-3-9-33(10-4-1)36-15-21-39(22-16-36)44-30-45(40-23-17-37(18-24-40)34-11-5-2-6-12-34)32-46(31-44)41-25-19-38(20-26-41)43-28-27-35-13-7-8-14-42(35)29-43/h1-32H. The fourth-order valence-electron chi connectivity index (χ4n) is 6.32. The maximum absolute atomic E-state index is 2.32. The van der Waals surface area contributed by atoms with Crippen molar-refractivity contribution in [3.63, 3.8) is 0 Å². The summed E-state index contributed by atoms with van der Waals surface area (Å²) < 4.78 is 0. The first-order chi connectivity index (χ1) is 22.8. The van der Waals surface area contributed by atoms with Crippen molar-refractivity contribution in [1.82, 2.24) is 0 Å². The van der Waals surface area contributed by atoms with E-state index < -0.39 is 0 Å². The van der Waals surface area contributed by atoms with Gasteiger partial charge in [0, 0.05) is 0 Å². The Bertz CT molecular complexity index is 2140. The molecular formula is C46H32. The lowest BCUT2D eigenvalue weighted by molar-refractivity contribution is 1.55. The monoisotopic (exact) mass is 584 g/mol. The second-order valence-electron chi connectivity index (χ2n) is 11.8. The number of hydrogen-bond acceptors (Lipinski definition) is 0. The van der Waals surface area contributed by atoms with Crippen LogP contribution in [0.1, 0.15) is 0 Å². The molecule has 0 fully saturated rings. The lowest BCUT2D eigenvalue weighted by Gasteiger charge is -2.13. The summed E-state index contributed by atoms with van der Waals surface area (Å²) in [5.74, 6) is 0. The Kier molecular flexibility index (Phi) is 7.30. The van der Waals surface area contributed by atoms with E-state index in [9.17, 15) is 0 Å². The molecular weight excluding hydrogens is 553 g/mol. The van der Waals surface area contributed by atoms with Crippen LogP contribution in [-0.2, 0) is 0 Å². The van der Waals surface area contributed by atoms with E-state index in [1.165, 1.54) is 77.5 Å². The molecule has 46 heavy (non-hydrogen) atoms. The lowest BCUT2D eigenvalue weighted by atomic mass is 9.91. The zero-order valence-electron chi connectivity index (χ0n) is 25.5. The molecule has 0 heterocycles. The molecule has 0 heteroatoms. The van der Waals surface area contributed by atoms with Crippen LogP contribution in [0.15, 0.2) is 194 Å². The van der Waals surface area contributed by atoms with E-state index >= 15 is 0 Å². The van der Waals surface area contributed by atoms with Gasteiger partial charge in [0.05, 0.1) is 0 Å². The van der Waals surface area contributed by atoms with Gasteiger partial charge in [-0.2, -0.15) is 0 Å². The largest absolute Gasteiger partial charge is 0.0622 e. The molecule has 0 aliphatic rings. The quantitative estimate of drug-likeness (QED) is 0.182. The van der Waals surface area contributed by atoms with E-state index in [0.717, 1.165) is 0 Å². The predicted octanol–water partition coefficient (Wildman–Crippen LogP) is 12.8. The molecule has 0 aliphatic heterocycles. The van der Waals surface area contributed by atoms with Crippen LogP contribution in [0.2, 0.25) is 0 Å². The molecule has 0 unspecified atom stereocenters. The van der Waals surface area contributed by atoms with E-state index in [2.05, 4.69) is 194 Å². The average Bonchev–Trinajstić information content (AvgIpc) is 3.15. The Hall–Kier alpha value is -5.98. The van der Waals surface area contributed by atoms with Gasteiger partial charge < -0.3 is 0 Å². The average molecular weight is 585 g/mol. The second kappa shape index (κ2) is 12.2. The molecule has 216 valence electrons. The van der Waals surface area contributed by atoms with Gasteiger partial charge in [0.15, 0.2) is 0 Å². The van der Waals surface area contributed by atoms with Gasteiger partial charge in [-0.3, -0.25) is 0 Å². The molecule has 0 spiro atoms. The molecule has 0 saturated carbocycles. The van der Waals surface area contributed by atoms with Crippen molar-refractivity contribution in [2.45, 2.75) is 0 Å². The summed E-state index contributed by atoms with van der Waals surface area (Å²) in [7, 11) is 0. The van der Waals surface area contributed by atoms with Crippen LogP contribution < -0.4 is 0 Å². The number of hydrogen-bond donors (Lipinski definition) is 0. The molecule has 0 bridgehead atoms. The summed E-state index contributed by atoms with van der Waals surface area (Å²) in [4.78, 5) is 0. The minimum absolute atomic E-state index is 1.20. The highest BCUT2D eigenvalue weighted by Gasteiger charge is 2.10. The van der Waals surface area contributed by atoms with Crippen molar-refractivity contribution in [2.24, 2.45) is 0 Å². The molecule has 8 aromatic rings. The minimum Gasteiger partial charge on any atom is -0.0622 e. The van der Waals surface area contributed by atoms with Crippen molar-refractivity contribution in [2.75, 3.05) is 0 Å². The van der Waals surface area contributed by atoms with Gasteiger partial charge >= 0.3 is 0 Å². The van der Waals surface area contributed by atoms with Gasteiger partial charge in [0.2, 0.25) is 0 Å². The van der Waals surface area contributed by atoms with Crippen LogP contribution in [0.3, 0.4) is 0 Å². The van der Waals surface area contributed by atoms with Crippen molar-refractivity contribution >= 4 is 10.8 Å². The SMILES string of the molecule is c1ccc(-c2ccc(-c3cc(-c4ccc(-c5ccccc5)cc4)cc(-c4ccc(-c5ccc6ccccc6c5)cc4)c3)cc2)cc1. The Balaban J connectivity index is 1.18. The Morgan fingerprint density at radius 3 is 0.848 bits per heavy atom. The summed E-state index contributed by atoms with van der Waals surface area (Å²) in [6.07, 6.45) is 0. The van der Waals surface area contributed by atoms with Crippen LogP contribution in [0, 0.1) is 0 Å². The fourth-order valence-corrected chi connectivity index (χ4v) is 6.32. The molecule has 0 radical (unpaired) electrons. The first kappa shape index (κ1) is 27.6. The smallest absolute Gasteiger partial charge is 0.0172 e. The van der Waals surface area contributed by atoms with Crippen LogP contribution in [-0.4, -0.2) is 0 Å². The van der Waals surface area contributed by atoms with Crippen molar-refractivity contribution in [3.05, 3.63) is 194 Å². The van der Waals surface area contributed by atoms with Crippen LogP contribution in [0.25, 0.3) is 77.5 Å². The molecule has 0 aromatic heterocycles. The highest BCUT2D eigenvalue weighted by atomic mass is 14.1. The van der Waals surface area contributed by atoms with Gasteiger partial charge in [-0.25, -0.2) is 0 Å².